The number of hydrogen-bond donors (Lipinski definition) is 2. The van der Waals surface area contributed by atoms with Gasteiger partial charge in [-0.1, -0.05) is 6.07 Å². The summed E-state index contributed by atoms with van der Waals surface area (Å²) >= 11 is 0. The van der Waals surface area contributed by atoms with Crippen LogP contribution >= 0.6 is 0 Å². The van der Waals surface area contributed by atoms with E-state index in [4.69, 9.17) is 9.47 Å². The van der Waals surface area contributed by atoms with Gasteiger partial charge in [-0.3, -0.25) is 4.79 Å². The maximum Gasteiger partial charge on any atom is 0.211 e. The molecule has 0 spiro atoms. The molecule has 0 radical (unpaired) electrons. The number of benzene rings is 2. The van der Waals surface area contributed by atoms with Gasteiger partial charge in [-0.15, -0.1) is 0 Å². The molecule has 0 saturated heterocycles. The number of ether oxygens (including phenoxy) is 2. The number of rotatable bonds is 9. The summed E-state index contributed by atoms with van der Waals surface area (Å²) in [5, 5.41) is 12.7. The molecule has 0 fully saturated rings. The first-order valence-corrected chi connectivity index (χ1v) is 7.58. The van der Waals surface area contributed by atoms with E-state index in [-0.39, 0.29) is 6.61 Å². The number of carbonyl (C=O) groups excluding carboxylic acids is 1. The van der Waals surface area contributed by atoms with Crippen molar-refractivity contribution in [2.24, 2.45) is 0 Å². The highest BCUT2D eigenvalue weighted by Crippen LogP contribution is 2.19. The van der Waals surface area contributed by atoms with Gasteiger partial charge in [0.05, 0.1) is 7.11 Å². The zero-order valence-electron chi connectivity index (χ0n) is 13.8. The first-order valence-electron chi connectivity index (χ1n) is 7.58. The molecular formula is C18H22N2O4. The zero-order chi connectivity index (χ0) is 17.4. The average molecular weight is 330 g/mol. The van der Waals surface area contributed by atoms with Crippen molar-refractivity contribution in [1.29, 1.82) is 0 Å². The largest absolute Gasteiger partial charge is 0.497 e. The molecule has 0 aromatic heterocycles. The highest BCUT2D eigenvalue weighted by molar-refractivity contribution is 5.71. The minimum absolute atomic E-state index is 0.158. The molecule has 0 heterocycles. The molecule has 128 valence electrons. The van der Waals surface area contributed by atoms with Crippen LogP contribution in [0.4, 0.5) is 11.4 Å². The Balaban J connectivity index is 1.84. The predicted molar refractivity (Wildman–Crippen MR) is 93.9 cm³/mol. The molecule has 2 aromatic rings. The Morgan fingerprint density at radius 1 is 1.21 bits per heavy atom. The second kappa shape index (κ2) is 8.79. The molecule has 2 N–H and O–H groups in total. The summed E-state index contributed by atoms with van der Waals surface area (Å²) in [7, 11) is 3.53. The number of nitrogens with one attached hydrogen (secondary N) is 1. The van der Waals surface area contributed by atoms with E-state index in [0.29, 0.717) is 24.4 Å². The highest BCUT2D eigenvalue weighted by atomic mass is 16.5. The molecule has 6 nitrogen and oxygen atoms in total. The van der Waals surface area contributed by atoms with Crippen LogP contribution in [0.25, 0.3) is 0 Å². The molecule has 0 aliphatic rings. The summed E-state index contributed by atoms with van der Waals surface area (Å²) < 4.78 is 10.7. The minimum atomic E-state index is -0.653. The van der Waals surface area contributed by atoms with E-state index in [1.807, 2.05) is 36.2 Å². The lowest BCUT2D eigenvalue weighted by molar-refractivity contribution is -0.105. The molecule has 6 heteroatoms. The summed E-state index contributed by atoms with van der Waals surface area (Å²) in [4.78, 5) is 12.4. The Labute approximate surface area is 141 Å². The molecule has 1 atom stereocenters. The number of hydrogen-bond acceptors (Lipinski definition) is 5. The van der Waals surface area contributed by atoms with Crippen LogP contribution < -0.4 is 19.7 Å². The number of likely N-dealkylation sites (N-methyl/N-ethyl adjacent to an activating group) is 1. The zero-order valence-corrected chi connectivity index (χ0v) is 13.8. The first-order chi connectivity index (χ1) is 11.6. The Morgan fingerprint density at radius 3 is 2.62 bits per heavy atom. The maximum atomic E-state index is 10.4. The molecule has 2 aromatic carbocycles. The van der Waals surface area contributed by atoms with Gasteiger partial charge in [0.2, 0.25) is 6.41 Å². The van der Waals surface area contributed by atoms with Gasteiger partial charge in [-0.2, -0.15) is 0 Å². The van der Waals surface area contributed by atoms with Gasteiger partial charge in [-0.05, 0) is 36.4 Å². The van der Waals surface area contributed by atoms with E-state index in [1.165, 1.54) is 0 Å². The fourth-order valence-corrected chi connectivity index (χ4v) is 2.25. The standard InChI is InChI=1S/C18H22N2O4/c1-20(15-6-8-17(23-2)9-7-15)11-16(22)12-24-18-5-3-4-14(10-18)19-13-21/h3-10,13,16,22H,11-12H2,1-2H3,(H,19,21). The fourth-order valence-electron chi connectivity index (χ4n) is 2.25. The van der Waals surface area contributed by atoms with Crippen LogP contribution in [0.3, 0.4) is 0 Å². The van der Waals surface area contributed by atoms with E-state index in [1.54, 1.807) is 31.4 Å². The summed E-state index contributed by atoms with van der Waals surface area (Å²) in [5.74, 6) is 1.38. The molecule has 1 unspecified atom stereocenters. The van der Waals surface area contributed by atoms with Crippen molar-refractivity contribution in [2.75, 3.05) is 37.5 Å². The third-order valence-corrected chi connectivity index (χ3v) is 3.50. The van der Waals surface area contributed by atoms with Gasteiger partial charge in [0.15, 0.2) is 0 Å². The Kier molecular flexibility index (Phi) is 6.45. The van der Waals surface area contributed by atoms with Gasteiger partial charge < -0.3 is 24.8 Å². The van der Waals surface area contributed by atoms with Gasteiger partial charge >= 0.3 is 0 Å². The number of anilines is 2. The molecule has 0 aliphatic heterocycles. The Hall–Kier alpha value is -2.73. The normalized spacial score (nSPS) is 11.5. The summed E-state index contributed by atoms with van der Waals surface area (Å²) in [5.41, 5.74) is 1.62. The quantitative estimate of drug-likeness (QED) is 0.689. The molecular weight excluding hydrogens is 308 g/mol. The molecule has 2 rings (SSSR count). The summed E-state index contributed by atoms with van der Waals surface area (Å²) in [6.45, 7) is 0.587. The molecule has 24 heavy (non-hydrogen) atoms. The van der Waals surface area contributed by atoms with Crippen LogP contribution in [0.5, 0.6) is 11.5 Å². The van der Waals surface area contributed by atoms with E-state index in [9.17, 15) is 9.90 Å². The van der Waals surface area contributed by atoms with Crippen LogP contribution in [0, 0.1) is 0 Å². The highest BCUT2D eigenvalue weighted by Gasteiger charge is 2.10. The lowest BCUT2D eigenvalue weighted by Gasteiger charge is -2.23. The smallest absolute Gasteiger partial charge is 0.211 e. The number of amides is 1. The van der Waals surface area contributed by atoms with Crippen molar-refractivity contribution < 1.29 is 19.4 Å². The first kappa shape index (κ1) is 17.6. The van der Waals surface area contributed by atoms with Crippen molar-refractivity contribution >= 4 is 17.8 Å². The number of methoxy groups -OCH3 is 1. The van der Waals surface area contributed by atoms with E-state index in [0.717, 1.165) is 11.4 Å². The number of nitrogens with zero attached hydrogens (tertiary/aromatic N) is 1. The third kappa shape index (κ3) is 5.17. The van der Waals surface area contributed by atoms with Crippen LogP contribution in [0.15, 0.2) is 48.5 Å². The second-order valence-electron chi connectivity index (χ2n) is 5.33. The predicted octanol–water partition coefficient (Wildman–Crippen LogP) is 2.14. The molecule has 0 aliphatic carbocycles. The Morgan fingerprint density at radius 2 is 1.96 bits per heavy atom. The van der Waals surface area contributed by atoms with Crippen LogP contribution in [0.2, 0.25) is 0 Å². The SMILES string of the molecule is COc1ccc(N(C)CC(O)COc2cccc(NC=O)c2)cc1. The monoisotopic (exact) mass is 330 g/mol. The molecule has 0 saturated carbocycles. The van der Waals surface area contributed by atoms with Crippen molar-refractivity contribution in [2.45, 2.75) is 6.10 Å². The number of aliphatic hydroxyl groups is 1. The Bertz CT molecular complexity index is 646. The van der Waals surface area contributed by atoms with Crippen molar-refractivity contribution in [3.8, 4) is 11.5 Å². The summed E-state index contributed by atoms with van der Waals surface area (Å²) in [6.07, 6.45) is -0.0441. The number of carbonyl (C=O) groups is 1. The molecule has 0 bridgehead atoms. The van der Waals surface area contributed by atoms with Crippen molar-refractivity contribution in [1.82, 2.24) is 0 Å². The van der Waals surface area contributed by atoms with E-state index < -0.39 is 6.10 Å². The van der Waals surface area contributed by atoms with E-state index >= 15 is 0 Å². The third-order valence-electron chi connectivity index (χ3n) is 3.50. The van der Waals surface area contributed by atoms with Gasteiger partial charge in [0.1, 0.15) is 24.2 Å². The second-order valence-corrected chi connectivity index (χ2v) is 5.33. The number of aliphatic hydroxyl groups excluding tert-OH is 1. The summed E-state index contributed by atoms with van der Waals surface area (Å²) in [6, 6.07) is 14.6. The van der Waals surface area contributed by atoms with E-state index in [2.05, 4.69) is 5.32 Å². The van der Waals surface area contributed by atoms with Gasteiger partial charge in [0.25, 0.3) is 0 Å². The molecule has 1 amide bonds. The van der Waals surface area contributed by atoms with Crippen LogP contribution in [-0.2, 0) is 4.79 Å². The lowest BCUT2D eigenvalue weighted by Crippen LogP contribution is -2.33. The van der Waals surface area contributed by atoms with Crippen LogP contribution in [0.1, 0.15) is 0 Å². The van der Waals surface area contributed by atoms with Gasteiger partial charge in [0, 0.05) is 31.0 Å². The van der Waals surface area contributed by atoms with Crippen LogP contribution in [-0.4, -0.2) is 44.9 Å². The van der Waals surface area contributed by atoms with Crippen molar-refractivity contribution in [3.05, 3.63) is 48.5 Å². The van der Waals surface area contributed by atoms with Gasteiger partial charge in [-0.25, -0.2) is 0 Å². The topological polar surface area (TPSA) is 71.0 Å². The maximum absolute atomic E-state index is 10.4. The van der Waals surface area contributed by atoms with Crippen molar-refractivity contribution in [3.63, 3.8) is 0 Å². The minimum Gasteiger partial charge on any atom is -0.497 e. The average Bonchev–Trinajstić information content (AvgIpc) is 2.60. The lowest BCUT2D eigenvalue weighted by atomic mass is 10.2. The fraction of sp³-hybridized carbons (Fsp3) is 0.278.